The molecule has 0 saturated carbocycles. The van der Waals surface area contributed by atoms with Crippen molar-refractivity contribution in [3.8, 4) is 5.75 Å². The Morgan fingerprint density at radius 2 is 1.76 bits per heavy atom. The van der Waals surface area contributed by atoms with Crippen molar-refractivity contribution < 1.29 is 17.9 Å². The van der Waals surface area contributed by atoms with Crippen molar-refractivity contribution in [3.63, 3.8) is 0 Å². The highest BCUT2D eigenvalue weighted by atomic mass is 79.9. The lowest BCUT2D eigenvalue weighted by atomic mass is 10.2. The first kappa shape index (κ1) is 26.6. The molecule has 2 N–H and O–H groups in total. The van der Waals surface area contributed by atoms with Gasteiger partial charge in [-0.15, -0.1) is 0 Å². The summed E-state index contributed by atoms with van der Waals surface area (Å²) >= 11 is 8.67. The van der Waals surface area contributed by atoms with E-state index in [0.717, 1.165) is 4.47 Å². The van der Waals surface area contributed by atoms with Crippen LogP contribution in [0.25, 0.3) is 0 Å². The average Bonchev–Trinajstić information content (AvgIpc) is 2.78. The second-order valence-electron chi connectivity index (χ2n) is 8.49. The van der Waals surface area contributed by atoms with Gasteiger partial charge < -0.3 is 15.0 Å². The third-order valence-electron chi connectivity index (χ3n) is 5.20. The van der Waals surface area contributed by atoms with Crippen LogP contribution in [0.1, 0.15) is 24.2 Å². The van der Waals surface area contributed by atoms with Crippen LogP contribution in [-0.2, 0) is 10.0 Å². The lowest BCUT2D eigenvalue weighted by molar-refractivity contribution is 0.0973. The van der Waals surface area contributed by atoms with E-state index >= 15 is 0 Å². The van der Waals surface area contributed by atoms with Crippen LogP contribution < -0.4 is 15.4 Å². The second-order valence-corrected chi connectivity index (χ2v) is 11.7. The minimum Gasteiger partial charge on any atom is -0.492 e. The minimum absolute atomic E-state index is 0.0921. The number of nitrogens with one attached hydrogen (secondary N) is 2. The number of rotatable bonds is 7. The third-order valence-corrected chi connectivity index (χ3v) is 7.81. The number of nitrogens with zero attached hydrogens (tertiary/aromatic N) is 2. The fourth-order valence-electron chi connectivity index (χ4n) is 3.28. The Bertz CT molecular complexity index is 1130. The molecule has 34 heavy (non-hydrogen) atoms. The zero-order valence-corrected chi connectivity index (χ0v) is 22.6. The maximum atomic E-state index is 12.9. The van der Waals surface area contributed by atoms with Crippen molar-refractivity contribution >= 4 is 54.9 Å². The summed E-state index contributed by atoms with van der Waals surface area (Å²) in [7, 11) is -1.57. The van der Waals surface area contributed by atoms with Gasteiger partial charge >= 0.3 is 0 Å². The topological polar surface area (TPSA) is 91.0 Å². The molecular formula is C23H29BrN4O4S2. The Labute approximate surface area is 214 Å². The Hall–Kier alpha value is -2.05. The molecule has 3 rings (SSSR count). The number of anilines is 1. The number of carbonyl (C=O) groups excluding carboxylic acids is 1. The predicted octanol–water partition coefficient (Wildman–Crippen LogP) is 3.55. The molecule has 0 atom stereocenters. The first-order valence-corrected chi connectivity index (χ1v) is 13.5. The molecule has 1 saturated heterocycles. The number of halogens is 1. The zero-order valence-electron chi connectivity index (χ0n) is 19.4. The molecule has 1 aliphatic rings. The van der Waals surface area contributed by atoms with E-state index < -0.39 is 15.9 Å². The van der Waals surface area contributed by atoms with Crippen LogP contribution in [0.15, 0.2) is 51.8 Å². The van der Waals surface area contributed by atoms with Gasteiger partial charge in [0.15, 0.2) is 5.11 Å². The fraction of sp³-hybridized carbons (Fsp3) is 0.391. The van der Waals surface area contributed by atoms with Gasteiger partial charge in [0.05, 0.1) is 17.1 Å². The van der Waals surface area contributed by atoms with Crippen molar-refractivity contribution in [2.75, 3.05) is 45.2 Å². The molecular weight excluding hydrogens is 540 g/mol. The minimum atomic E-state index is -3.55. The number of piperazine rings is 1. The highest BCUT2D eigenvalue weighted by Crippen LogP contribution is 2.24. The van der Waals surface area contributed by atoms with E-state index in [0.29, 0.717) is 55.7 Å². The van der Waals surface area contributed by atoms with E-state index in [4.69, 9.17) is 17.0 Å². The molecule has 8 nitrogen and oxygen atoms in total. The van der Waals surface area contributed by atoms with Crippen LogP contribution in [0, 0.1) is 5.92 Å². The Balaban J connectivity index is 1.63. The summed E-state index contributed by atoms with van der Waals surface area (Å²) in [5.41, 5.74) is 0.918. The predicted molar refractivity (Wildman–Crippen MR) is 141 cm³/mol. The van der Waals surface area contributed by atoms with E-state index in [1.807, 2.05) is 20.9 Å². The van der Waals surface area contributed by atoms with Crippen LogP contribution in [-0.4, -0.2) is 68.5 Å². The molecule has 2 aromatic carbocycles. The highest BCUT2D eigenvalue weighted by molar-refractivity contribution is 9.10. The van der Waals surface area contributed by atoms with Crippen LogP contribution in [0.3, 0.4) is 0 Å². The van der Waals surface area contributed by atoms with Crippen LogP contribution >= 0.6 is 28.1 Å². The number of likely N-dealkylation sites (N-methyl/N-ethyl adjacent to an activating group) is 1. The number of hydrogen-bond acceptors (Lipinski definition) is 6. The molecule has 0 unspecified atom stereocenters. The Kier molecular flexibility index (Phi) is 9.05. The van der Waals surface area contributed by atoms with Crippen LogP contribution in [0.2, 0.25) is 0 Å². The number of sulfonamides is 1. The Morgan fingerprint density at radius 3 is 2.38 bits per heavy atom. The average molecular weight is 570 g/mol. The number of amides is 1. The van der Waals surface area contributed by atoms with Gasteiger partial charge in [-0.25, -0.2) is 8.42 Å². The lowest BCUT2D eigenvalue weighted by Crippen LogP contribution is -2.46. The van der Waals surface area contributed by atoms with Crippen molar-refractivity contribution in [2.24, 2.45) is 5.92 Å². The molecule has 0 aromatic heterocycles. The first-order valence-electron chi connectivity index (χ1n) is 10.9. The molecule has 1 amide bonds. The van der Waals surface area contributed by atoms with Gasteiger partial charge in [-0.3, -0.25) is 10.1 Å². The number of ether oxygens (including phenoxy) is 1. The second kappa shape index (κ2) is 11.6. The van der Waals surface area contributed by atoms with Gasteiger partial charge in [0.2, 0.25) is 10.0 Å². The number of thiocarbonyl (C=S) groups is 1. The largest absolute Gasteiger partial charge is 0.492 e. The van der Waals surface area contributed by atoms with E-state index in [-0.39, 0.29) is 10.0 Å². The summed E-state index contributed by atoms with van der Waals surface area (Å²) in [6.07, 6.45) is 0. The fourth-order valence-corrected chi connectivity index (χ4v) is 5.28. The van der Waals surface area contributed by atoms with Gasteiger partial charge in [-0.1, -0.05) is 29.8 Å². The number of hydrogen-bond donors (Lipinski definition) is 2. The monoisotopic (exact) mass is 568 g/mol. The maximum Gasteiger partial charge on any atom is 0.261 e. The third kappa shape index (κ3) is 6.98. The summed E-state index contributed by atoms with van der Waals surface area (Å²) in [5.74, 6) is 0.368. The molecule has 11 heteroatoms. The smallest absolute Gasteiger partial charge is 0.261 e. The van der Waals surface area contributed by atoms with Crippen molar-refractivity contribution in [1.82, 2.24) is 14.5 Å². The van der Waals surface area contributed by atoms with Gasteiger partial charge in [0.25, 0.3) is 5.91 Å². The highest BCUT2D eigenvalue weighted by Gasteiger charge is 2.27. The van der Waals surface area contributed by atoms with Gasteiger partial charge in [-0.05, 0) is 67.6 Å². The van der Waals surface area contributed by atoms with Crippen LogP contribution in [0.4, 0.5) is 5.69 Å². The standard InChI is InChI=1S/C23H29BrN4O4S2/c1-16(2)15-32-21-9-4-17(24)14-20(21)22(29)26-23(33)25-18-5-7-19(8-6-18)34(30,31)28-12-10-27(3)11-13-28/h4-9,14,16H,10-13,15H2,1-3H3,(H2,25,26,29,33). The molecule has 0 radical (unpaired) electrons. The van der Waals surface area contributed by atoms with Crippen LogP contribution in [0.5, 0.6) is 5.75 Å². The summed E-state index contributed by atoms with van der Waals surface area (Å²) < 4.78 is 33.8. The van der Waals surface area contributed by atoms with Gasteiger partial charge in [0, 0.05) is 36.3 Å². The summed E-state index contributed by atoms with van der Waals surface area (Å²) in [4.78, 5) is 15.1. The number of carbonyl (C=O) groups is 1. The van der Waals surface area contributed by atoms with Gasteiger partial charge in [0.1, 0.15) is 5.75 Å². The zero-order chi connectivity index (χ0) is 24.9. The molecule has 0 bridgehead atoms. The van der Waals surface area contributed by atoms with E-state index in [1.54, 1.807) is 30.3 Å². The summed E-state index contributed by atoms with van der Waals surface area (Å²) in [6.45, 7) is 6.87. The SMILES string of the molecule is CC(C)COc1ccc(Br)cc1C(=O)NC(=S)Nc1ccc(S(=O)(=O)N2CCN(C)CC2)cc1. The molecule has 0 spiro atoms. The lowest BCUT2D eigenvalue weighted by Gasteiger charge is -2.31. The van der Waals surface area contributed by atoms with Crippen molar-refractivity contribution in [2.45, 2.75) is 18.7 Å². The number of benzene rings is 2. The van der Waals surface area contributed by atoms with Crippen molar-refractivity contribution in [3.05, 3.63) is 52.5 Å². The summed E-state index contributed by atoms with van der Waals surface area (Å²) in [6, 6.07) is 11.5. The van der Waals surface area contributed by atoms with Crippen molar-refractivity contribution in [1.29, 1.82) is 0 Å². The maximum absolute atomic E-state index is 12.9. The molecule has 0 aliphatic carbocycles. The van der Waals surface area contributed by atoms with E-state index in [2.05, 4.69) is 31.5 Å². The molecule has 1 heterocycles. The van der Waals surface area contributed by atoms with Gasteiger partial charge in [-0.2, -0.15) is 4.31 Å². The molecule has 1 aliphatic heterocycles. The normalized spacial score (nSPS) is 15.2. The molecule has 2 aromatic rings. The Morgan fingerprint density at radius 1 is 1.12 bits per heavy atom. The summed E-state index contributed by atoms with van der Waals surface area (Å²) in [5, 5.41) is 5.66. The molecule has 1 fully saturated rings. The first-order chi connectivity index (χ1) is 16.1. The van der Waals surface area contributed by atoms with E-state index in [1.165, 1.54) is 16.4 Å². The molecule has 184 valence electrons. The van der Waals surface area contributed by atoms with E-state index in [9.17, 15) is 13.2 Å². The quantitative estimate of drug-likeness (QED) is 0.493.